The second kappa shape index (κ2) is 12.9. The lowest BCUT2D eigenvalue weighted by Crippen LogP contribution is -2.35. The van der Waals surface area contributed by atoms with Crippen molar-refractivity contribution in [1.82, 2.24) is 14.9 Å². The van der Waals surface area contributed by atoms with Gasteiger partial charge in [0, 0.05) is 21.7 Å². The van der Waals surface area contributed by atoms with Crippen LogP contribution in [0.2, 0.25) is 5.02 Å². The predicted octanol–water partition coefficient (Wildman–Crippen LogP) is 5.65. The lowest BCUT2D eigenvalue weighted by atomic mass is 9.97. The Balaban J connectivity index is 2.03. The Labute approximate surface area is 243 Å². The highest BCUT2D eigenvalue weighted by atomic mass is 35.5. The van der Waals surface area contributed by atoms with E-state index in [4.69, 9.17) is 16.6 Å². The van der Waals surface area contributed by atoms with E-state index in [1.165, 1.54) is 11.3 Å². The Hall–Kier alpha value is -3.30. The van der Waals surface area contributed by atoms with Gasteiger partial charge in [0.25, 0.3) is 11.5 Å². The van der Waals surface area contributed by atoms with E-state index in [2.05, 4.69) is 5.32 Å². The van der Waals surface area contributed by atoms with Gasteiger partial charge in [0.2, 0.25) is 0 Å². The van der Waals surface area contributed by atoms with Crippen molar-refractivity contribution in [2.24, 2.45) is 5.92 Å². The van der Waals surface area contributed by atoms with E-state index in [0.29, 0.717) is 51.8 Å². The van der Waals surface area contributed by atoms with Crippen LogP contribution >= 0.6 is 22.9 Å². The van der Waals surface area contributed by atoms with Crippen molar-refractivity contribution < 1.29 is 15.0 Å². The van der Waals surface area contributed by atoms with E-state index in [-0.39, 0.29) is 18.0 Å². The first-order chi connectivity index (χ1) is 19.1. The first-order valence-corrected chi connectivity index (χ1v) is 14.7. The highest BCUT2D eigenvalue weighted by Gasteiger charge is 2.25. The molecule has 210 valence electrons. The van der Waals surface area contributed by atoms with Crippen LogP contribution in [-0.4, -0.2) is 38.5 Å². The van der Waals surface area contributed by atoms with Crippen molar-refractivity contribution >= 4 is 28.8 Å². The van der Waals surface area contributed by atoms with Crippen LogP contribution in [0.4, 0.5) is 0 Å². The molecule has 0 aliphatic heterocycles. The molecule has 0 spiro atoms. The van der Waals surface area contributed by atoms with Gasteiger partial charge in [-0.25, -0.2) is 4.98 Å². The minimum atomic E-state index is -1.70. The number of hydrogen-bond donors (Lipinski definition) is 3. The fourth-order valence-electron chi connectivity index (χ4n) is 4.76. The maximum absolute atomic E-state index is 14.4. The van der Waals surface area contributed by atoms with Crippen LogP contribution in [0, 0.1) is 5.92 Å². The number of carbonyl (C=O) groups excluding carboxylic acids is 1. The van der Waals surface area contributed by atoms with Crippen LogP contribution in [0.15, 0.2) is 58.7 Å². The van der Waals surface area contributed by atoms with Gasteiger partial charge in [0.15, 0.2) is 6.29 Å². The number of para-hydroxylation sites is 1. The summed E-state index contributed by atoms with van der Waals surface area (Å²) < 4.78 is 1.70. The molecule has 40 heavy (non-hydrogen) atoms. The van der Waals surface area contributed by atoms with Crippen LogP contribution in [-0.2, 0) is 19.3 Å². The molecular weight excluding hydrogens is 546 g/mol. The van der Waals surface area contributed by atoms with Crippen LogP contribution in [0.3, 0.4) is 0 Å². The van der Waals surface area contributed by atoms with E-state index in [1.54, 1.807) is 22.8 Å². The number of aromatic nitrogens is 2. The van der Waals surface area contributed by atoms with Crippen molar-refractivity contribution in [2.45, 2.75) is 53.2 Å². The molecule has 4 aromatic rings. The molecule has 0 aliphatic carbocycles. The summed E-state index contributed by atoms with van der Waals surface area (Å²) in [7, 11) is 0. The number of rotatable bonds is 10. The number of pyridine rings is 1. The molecule has 1 amide bonds. The molecule has 2 aromatic carbocycles. The van der Waals surface area contributed by atoms with E-state index < -0.39 is 12.2 Å². The molecule has 0 radical (unpaired) electrons. The third-order valence-electron chi connectivity index (χ3n) is 6.66. The summed E-state index contributed by atoms with van der Waals surface area (Å²) in [5, 5.41) is 24.4. The van der Waals surface area contributed by atoms with Crippen molar-refractivity contribution in [3.05, 3.63) is 91.7 Å². The van der Waals surface area contributed by atoms with Crippen molar-refractivity contribution in [3.63, 3.8) is 0 Å². The largest absolute Gasteiger partial charge is 0.367 e. The molecule has 0 saturated heterocycles. The molecule has 0 atom stereocenters. The molecule has 0 fully saturated rings. The topological polar surface area (TPSA) is 104 Å². The number of benzene rings is 2. The zero-order chi connectivity index (χ0) is 29.0. The summed E-state index contributed by atoms with van der Waals surface area (Å²) in [6, 6.07) is 14.9. The minimum absolute atomic E-state index is 0.140. The molecule has 0 unspecified atom stereocenters. The quantitative estimate of drug-likeness (QED) is 0.211. The Morgan fingerprint density at radius 2 is 1.73 bits per heavy atom. The van der Waals surface area contributed by atoms with Crippen molar-refractivity contribution in [1.29, 1.82) is 0 Å². The van der Waals surface area contributed by atoms with Gasteiger partial charge in [-0.15, -0.1) is 11.3 Å². The smallest absolute Gasteiger partial charge is 0.265 e. The standard InChI is InChI=1S/C31H34ClN3O4S/c1-5-19-8-7-9-20(6-2)28(19)35-26(14-18(3)4)23(29(38)33-16-27(36)37)15-24(31(35)39)30-34-25(17-40-30)21-10-12-22(32)13-11-21/h7-13,15,17-18,27,36-37H,5-6,14,16H2,1-4H3,(H,33,38). The number of amides is 1. The molecular formula is C31H34ClN3O4S. The molecule has 7 nitrogen and oxygen atoms in total. The number of aryl methyl sites for hydroxylation is 2. The van der Waals surface area contributed by atoms with Gasteiger partial charge in [0.05, 0.1) is 29.1 Å². The van der Waals surface area contributed by atoms with E-state index in [9.17, 15) is 19.8 Å². The Morgan fingerprint density at radius 3 is 2.30 bits per heavy atom. The Bertz CT molecular complexity index is 1540. The average Bonchev–Trinajstić information content (AvgIpc) is 3.42. The maximum atomic E-state index is 14.4. The summed E-state index contributed by atoms with van der Waals surface area (Å²) in [4.78, 5) is 32.7. The van der Waals surface area contributed by atoms with Gasteiger partial charge in [-0.1, -0.05) is 69.6 Å². The summed E-state index contributed by atoms with van der Waals surface area (Å²) in [5.41, 5.74) is 5.31. The number of aliphatic hydroxyl groups excluding tert-OH is 1. The highest BCUT2D eigenvalue weighted by molar-refractivity contribution is 7.13. The zero-order valence-electron chi connectivity index (χ0n) is 23.1. The van der Waals surface area contributed by atoms with E-state index in [1.807, 2.05) is 63.4 Å². The van der Waals surface area contributed by atoms with E-state index in [0.717, 1.165) is 22.4 Å². The van der Waals surface area contributed by atoms with Gasteiger partial charge >= 0.3 is 0 Å². The maximum Gasteiger partial charge on any atom is 0.265 e. The number of hydrogen-bond acceptors (Lipinski definition) is 6. The minimum Gasteiger partial charge on any atom is -0.367 e. The summed E-state index contributed by atoms with van der Waals surface area (Å²) in [6.45, 7) is 7.83. The lowest BCUT2D eigenvalue weighted by molar-refractivity contribution is -0.0361. The van der Waals surface area contributed by atoms with Crippen LogP contribution in [0.5, 0.6) is 0 Å². The van der Waals surface area contributed by atoms with Crippen LogP contribution in [0.25, 0.3) is 27.5 Å². The van der Waals surface area contributed by atoms with Gasteiger partial charge in [-0.2, -0.15) is 0 Å². The van der Waals surface area contributed by atoms with Gasteiger partial charge in [-0.3, -0.25) is 14.2 Å². The zero-order valence-corrected chi connectivity index (χ0v) is 24.6. The number of carbonyl (C=O) groups is 1. The predicted molar refractivity (Wildman–Crippen MR) is 161 cm³/mol. The van der Waals surface area contributed by atoms with Crippen LogP contribution < -0.4 is 10.9 Å². The molecule has 2 heterocycles. The first kappa shape index (κ1) is 29.7. The Kier molecular flexibility index (Phi) is 9.58. The van der Waals surface area contributed by atoms with Gasteiger partial charge < -0.3 is 15.5 Å². The second-order valence-electron chi connectivity index (χ2n) is 10.0. The molecule has 0 aliphatic rings. The molecule has 0 saturated carbocycles. The number of aliphatic hydroxyl groups is 2. The van der Waals surface area contributed by atoms with Crippen LogP contribution in [0.1, 0.15) is 54.9 Å². The molecule has 4 rings (SSSR count). The summed E-state index contributed by atoms with van der Waals surface area (Å²) in [6.07, 6.45) is 0.180. The SMILES string of the molecule is CCc1cccc(CC)c1-n1c(CC(C)C)c(C(=O)NCC(O)O)cc(-c2nc(-c3ccc(Cl)cc3)cs2)c1=O. The van der Waals surface area contributed by atoms with Crippen molar-refractivity contribution in [3.8, 4) is 27.5 Å². The molecule has 0 bridgehead atoms. The number of nitrogens with one attached hydrogen (secondary N) is 1. The first-order valence-electron chi connectivity index (χ1n) is 13.4. The molecule has 3 N–H and O–H groups in total. The third kappa shape index (κ3) is 6.36. The molecule has 9 heteroatoms. The van der Waals surface area contributed by atoms with Gasteiger partial charge in [0.1, 0.15) is 5.01 Å². The number of halogens is 1. The highest BCUT2D eigenvalue weighted by Crippen LogP contribution is 2.31. The lowest BCUT2D eigenvalue weighted by Gasteiger charge is -2.23. The second-order valence-corrected chi connectivity index (χ2v) is 11.3. The fourth-order valence-corrected chi connectivity index (χ4v) is 5.72. The van der Waals surface area contributed by atoms with E-state index >= 15 is 0 Å². The fraction of sp³-hybridized carbons (Fsp3) is 0.323. The third-order valence-corrected chi connectivity index (χ3v) is 7.79. The monoisotopic (exact) mass is 579 g/mol. The normalized spacial score (nSPS) is 11.4. The summed E-state index contributed by atoms with van der Waals surface area (Å²) >= 11 is 7.39. The summed E-state index contributed by atoms with van der Waals surface area (Å²) in [5.74, 6) is -0.345. The average molecular weight is 580 g/mol. The molecule has 2 aromatic heterocycles. The van der Waals surface area contributed by atoms with Gasteiger partial charge in [-0.05, 0) is 54.5 Å². The number of thiazole rings is 1. The van der Waals surface area contributed by atoms with Crippen molar-refractivity contribution in [2.75, 3.05) is 6.54 Å². The number of nitrogens with zero attached hydrogens (tertiary/aromatic N) is 2. The Morgan fingerprint density at radius 1 is 1.07 bits per heavy atom.